The number of benzene rings is 2. The molecule has 0 atom stereocenters. The molecule has 2 aliphatic heterocycles. The van der Waals surface area contributed by atoms with Crippen LogP contribution in [-0.2, 0) is 6.54 Å². The molecule has 0 unspecified atom stereocenters. The average molecular weight is 483 g/mol. The third-order valence-corrected chi connectivity index (χ3v) is 6.24. The van der Waals surface area contributed by atoms with Crippen LogP contribution in [0.5, 0.6) is 0 Å². The Balaban J connectivity index is 0.00000167. The number of halogens is 3. The standard InChI is InChI=1S/C26H27F3N4.C2H6/c1-4-17(2)32-14-21(15-32)18(3)33(22-8-6-5-7-9-22)16-20-11-10-19(12-23(20)27)24-13-25(26(28)29)31-30-24;1-2/h5-12,21,26H,2-4,13-16H2,1H3;1-2H3. The summed E-state index contributed by atoms with van der Waals surface area (Å²) in [5.74, 6) is -0.155. The molecule has 2 heterocycles. The van der Waals surface area contributed by atoms with Crippen LogP contribution in [0, 0.1) is 11.7 Å². The quantitative estimate of drug-likeness (QED) is 0.384. The van der Waals surface area contributed by atoms with E-state index in [4.69, 9.17) is 0 Å². The zero-order valence-corrected chi connectivity index (χ0v) is 20.6. The van der Waals surface area contributed by atoms with Gasteiger partial charge in [-0.25, -0.2) is 13.2 Å². The predicted molar refractivity (Wildman–Crippen MR) is 139 cm³/mol. The number of likely N-dealkylation sites (tertiary alicyclic amines) is 1. The summed E-state index contributed by atoms with van der Waals surface area (Å²) in [6.07, 6.45) is -1.81. The molecule has 186 valence electrons. The molecule has 0 bridgehead atoms. The van der Waals surface area contributed by atoms with Crippen molar-refractivity contribution in [2.45, 2.75) is 46.6 Å². The first-order valence-corrected chi connectivity index (χ1v) is 12.0. The van der Waals surface area contributed by atoms with E-state index in [0.29, 0.717) is 23.4 Å². The van der Waals surface area contributed by atoms with Crippen molar-refractivity contribution in [2.75, 3.05) is 18.0 Å². The summed E-state index contributed by atoms with van der Waals surface area (Å²) in [5, 5.41) is 7.33. The molecular formula is C28H33F3N4. The van der Waals surface area contributed by atoms with Gasteiger partial charge in [-0.3, -0.25) is 0 Å². The van der Waals surface area contributed by atoms with Gasteiger partial charge < -0.3 is 9.80 Å². The number of allylic oxidation sites excluding steroid dienone is 1. The number of hydrogen-bond acceptors (Lipinski definition) is 4. The highest BCUT2D eigenvalue weighted by Crippen LogP contribution is 2.33. The van der Waals surface area contributed by atoms with Crippen LogP contribution in [0.2, 0.25) is 0 Å². The molecule has 7 heteroatoms. The van der Waals surface area contributed by atoms with E-state index in [9.17, 15) is 8.78 Å². The molecule has 0 spiro atoms. The fourth-order valence-corrected chi connectivity index (χ4v) is 4.03. The van der Waals surface area contributed by atoms with Gasteiger partial charge in [-0.2, -0.15) is 10.2 Å². The molecule has 35 heavy (non-hydrogen) atoms. The van der Waals surface area contributed by atoms with Crippen LogP contribution in [0.3, 0.4) is 0 Å². The third-order valence-electron chi connectivity index (χ3n) is 6.24. The number of hydrogen-bond donors (Lipinski definition) is 0. The third kappa shape index (κ3) is 6.02. The summed E-state index contributed by atoms with van der Waals surface area (Å²) in [4.78, 5) is 4.28. The monoisotopic (exact) mass is 482 g/mol. The van der Waals surface area contributed by atoms with Gasteiger partial charge in [0.15, 0.2) is 0 Å². The fourth-order valence-electron chi connectivity index (χ4n) is 4.03. The van der Waals surface area contributed by atoms with Gasteiger partial charge in [0.25, 0.3) is 6.43 Å². The Morgan fingerprint density at radius 2 is 1.77 bits per heavy atom. The van der Waals surface area contributed by atoms with Gasteiger partial charge in [-0.05, 0) is 24.6 Å². The minimum atomic E-state index is -2.65. The van der Waals surface area contributed by atoms with E-state index in [1.165, 1.54) is 6.07 Å². The van der Waals surface area contributed by atoms with E-state index in [1.807, 2.05) is 49.1 Å². The molecule has 4 nitrogen and oxygen atoms in total. The molecule has 0 radical (unpaired) electrons. The minimum absolute atomic E-state index is 0.0648. The normalized spacial score (nSPS) is 15.1. The highest BCUT2D eigenvalue weighted by molar-refractivity contribution is 6.15. The molecule has 2 aromatic rings. The van der Waals surface area contributed by atoms with Crippen molar-refractivity contribution in [3.05, 3.63) is 90.0 Å². The number of alkyl halides is 2. The van der Waals surface area contributed by atoms with E-state index in [-0.39, 0.29) is 18.1 Å². The van der Waals surface area contributed by atoms with Crippen LogP contribution in [0.15, 0.2) is 83.3 Å². The summed E-state index contributed by atoms with van der Waals surface area (Å²) < 4.78 is 40.8. The lowest BCUT2D eigenvalue weighted by Crippen LogP contribution is -2.49. The number of anilines is 1. The second-order valence-corrected chi connectivity index (χ2v) is 8.36. The van der Waals surface area contributed by atoms with Gasteiger partial charge in [0.1, 0.15) is 11.5 Å². The number of rotatable bonds is 9. The Labute approximate surface area is 206 Å². The van der Waals surface area contributed by atoms with Crippen LogP contribution in [0.1, 0.15) is 44.7 Å². The van der Waals surface area contributed by atoms with Crippen LogP contribution in [0.4, 0.5) is 18.9 Å². The lowest BCUT2D eigenvalue weighted by molar-refractivity contribution is 0.164. The Kier molecular flexibility index (Phi) is 8.90. The zero-order valence-electron chi connectivity index (χ0n) is 20.6. The first-order valence-electron chi connectivity index (χ1n) is 12.0. The summed E-state index contributed by atoms with van der Waals surface area (Å²) in [5.41, 5.74) is 4.00. The van der Waals surface area contributed by atoms with Gasteiger partial charge in [-0.1, -0.05) is 64.3 Å². The molecule has 0 saturated carbocycles. The van der Waals surface area contributed by atoms with Gasteiger partial charge in [0.2, 0.25) is 0 Å². The van der Waals surface area contributed by atoms with Crippen molar-refractivity contribution in [1.82, 2.24) is 4.90 Å². The van der Waals surface area contributed by atoms with Crippen molar-refractivity contribution in [1.29, 1.82) is 0 Å². The lowest BCUT2D eigenvalue weighted by Gasteiger charge is -2.45. The van der Waals surface area contributed by atoms with Crippen LogP contribution < -0.4 is 4.90 Å². The Morgan fingerprint density at radius 1 is 1.09 bits per heavy atom. The van der Waals surface area contributed by atoms with E-state index in [2.05, 4.69) is 35.2 Å². The van der Waals surface area contributed by atoms with Crippen molar-refractivity contribution in [3.8, 4) is 0 Å². The molecule has 4 rings (SSSR count). The molecule has 0 aliphatic carbocycles. The van der Waals surface area contributed by atoms with E-state index in [1.54, 1.807) is 12.1 Å². The second-order valence-electron chi connectivity index (χ2n) is 8.36. The first-order chi connectivity index (χ1) is 16.9. The van der Waals surface area contributed by atoms with Crippen LogP contribution in [0.25, 0.3) is 0 Å². The number of nitrogens with zero attached hydrogens (tertiary/aromatic N) is 4. The Hall–Kier alpha value is -3.35. The van der Waals surface area contributed by atoms with Crippen molar-refractivity contribution in [2.24, 2.45) is 16.1 Å². The molecule has 1 fully saturated rings. The summed E-state index contributed by atoms with van der Waals surface area (Å²) in [6.45, 7) is 16.5. The number of para-hydroxylation sites is 1. The molecule has 0 aromatic heterocycles. The van der Waals surface area contributed by atoms with E-state index in [0.717, 1.165) is 36.6 Å². The van der Waals surface area contributed by atoms with Crippen molar-refractivity contribution < 1.29 is 13.2 Å². The summed E-state index contributed by atoms with van der Waals surface area (Å²) in [7, 11) is 0. The maximum atomic E-state index is 15.1. The summed E-state index contributed by atoms with van der Waals surface area (Å²) >= 11 is 0. The van der Waals surface area contributed by atoms with Crippen molar-refractivity contribution in [3.63, 3.8) is 0 Å². The molecular weight excluding hydrogens is 449 g/mol. The molecule has 1 saturated heterocycles. The van der Waals surface area contributed by atoms with Gasteiger partial charge in [-0.15, -0.1) is 0 Å². The predicted octanol–water partition coefficient (Wildman–Crippen LogP) is 7.04. The highest BCUT2D eigenvalue weighted by atomic mass is 19.3. The lowest BCUT2D eigenvalue weighted by atomic mass is 9.94. The van der Waals surface area contributed by atoms with Gasteiger partial charge in [0, 0.05) is 53.6 Å². The molecule has 2 aliphatic rings. The van der Waals surface area contributed by atoms with E-state index >= 15 is 4.39 Å². The topological polar surface area (TPSA) is 31.2 Å². The fraction of sp³-hybridized carbons (Fsp3) is 0.357. The van der Waals surface area contributed by atoms with E-state index < -0.39 is 12.2 Å². The van der Waals surface area contributed by atoms with Crippen molar-refractivity contribution >= 4 is 17.1 Å². The SMILES string of the molecule is C=C(CC)N1CC(C(=C)N(Cc2ccc(C3=NN=C(C(F)F)C3)cc2F)c2ccccc2)C1.CC. The Bertz CT molecular complexity index is 1100. The Morgan fingerprint density at radius 3 is 2.34 bits per heavy atom. The maximum absolute atomic E-state index is 15.1. The largest absolute Gasteiger partial charge is 0.374 e. The van der Waals surface area contributed by atoms with Gasteiger partial charge >= 0.3 is 0 Å². The van der Waals surface area contributed by atoms with Gasteiger partial charge in [0.05, 0.1) is 12.3 Å². The first kappa shape index (κ1) is 26.3. The zero-order chi connectivity index (χ0) is 25.5. The molecule has 0 N–H and O–H groups in total. The van der Waals surface area contributed by atoms with Crippen LogP contribution in [-0.4, -0.2) is 35.8 Å². The second kappa shape index (κ2) is 11.9. The summed E-state index contributed by atoms with van der Waals surface area (Å²) in [6, 6.07) is 14.5. The smallest absolute Gasteiger partial charge is 0.278 e. The maximum Gasteiger partial charge on any atom is 0.278 e. The minimum Gasteiger partial charge on any atom is -0.374 e. The highest BCUT2D eigenvalue weighted by Gasteiger charge is 2.32. The van der Waals surface area contributed by atoms with Crippen LogP contribution >= 0.6 is 0 Å². The average Bonchev–Trinajstić information content (AvgIpc) is 3.35. The molecule has 2 aromatic carbocycles. The molecule has 0 amide bonds.